The number of non-ortho nitro benzene ring substituents is 1. The van der Waals surface area contributed by atoms with E-state index < -0.39 is 4.92 Å². The molecule has 0 aliphatic carbocycles. The predicted octanol–water partition coefficient (Wildman–Crippen LogP) is 2.21. The van der Waals surface area contributed by atoms with Crippen molar-refractivity contribution in [3.63, 3.8) is 0 Å². The van der Waals surface area contributed by atoms with Crippen LogP contribution in [0.3, 0.4) is 0 Å². The van der Waals surface area contributed by atoms with Crippen LogP contribution >= 0.6 is 0 Å². The molecular weight excluding hydrogens is 306 g/mol. The molecule has 0 saturated carbocycles. The summed E-state index contributed by atoms with van der Waals surface area (Å²) in [5.41, 5.74) is 2.84. The van der Waals surface area contributed by atoms with Gasteiger partial charge in [-0.05, 0) is 18.2 Å². The lowest BCUT2D eigenvalue weighted by Crippen LogP contribution is -2.46. The molecule has 124 valence electrons. The van der Waals surface area contributed by atoms with E-state index in [-0.39, 0.29) is 5.69 Å². The van der Waals surface area contributed by atoms with E-state index in [0.29, 0.717) is 5.56 Å². The molecule has 1 heterocycles. The summed E-state index contributed by atoms with van der Waals surface area (Å²) in [6.45, 7) is 3.44. The molecular formula is C17H19N5O2. The first kappa shape index (κ1) is 15.8. The number of hydrogen-bond donors (Lipinski definition) is 1. The highest BCUT2D eigenvalue weighted by Gasteiger charge is 2.20. The van der Waals surface area contributed by atoms with E-state index >= 15 is 0 Å². The Kier molecular flexibility index (Phi) is 4.60. The molecule has 2 N–H and O–H groups in total. The minimum absolute atomic E-state index is 0.0385. The van der Waals surface area contributed by atoms with Crippen LogP contribution in [0.2, 0.25) is 0 Å². The van der Waals surface area contributed by atoms with Gasteiger partial charge >= 0.3 is 0 Å². The number of nitrogens with two attached hydrogens (primary N) is 1. The van der Waals surface area contributed by atoms with Gasteiger partial charge in [-0.2, -0.15) is 5.10 Å². The van der Waals surface area contributed by atoms with Crippen molar-refractivity contribution in [3.05, 3.63) is 64.2 Å². The molecule has 3 rings (SSSR count). The van der Waals surface area contributed by atoms with Crippen molar-refractivity contribution >= 4 is 23.3 Å². The highest BCUT2D eigenvalue weighted by atomic mass is 16.6. The number of benzene rings is 2. The molecule has 1 fully saturated rings. The fourth-order valence-electron chi connectivity index (χ4n) is 2.97. The zero-order valence-electron chi connectivity index (χ0n) is 13.2. The number of hydrazone groups is 1. The molecule has 1 aliphatic rings. The molecule has 0 amide bonds. The third-order valence-corrected chi connectivity index (χ3v) is 4.18. The van der Waals surface area contributed by atoms with Crippen molar-refractivity contribution in [2.24, 2.45) is 10.9 Å². The second-order valence-corrected chi connectivity index (χ2v) is 5.59. The number of nitro benzene ring substituents is 1. The zero-order chi connectivity index (χ0) is 16.9. The van der Waals surface area contributed by atoms with Crippen molar-refractivity contribution < 1.29 is 4.92 Å². The van der Waals surface area contributed by atoms with E-state index in [1.165, 1.54) is 24.0 Å². The summed E-state index contributed by atoms with van der Waals surface area (Å²) in [6.07, 6.45) is 1.46. The molecule has 1 aliphatic heterocycles. The predicted molar refractivity (Wildman–Crippen MR) is 95.7 cm³/mol. The molecule has 7 nitrogen and oxygen atoms in total. The SMILES string of the molecule is NN=Cc1cc([N+](=O)[O-])ccc1N1CCN(c2ccccc2)CC1. The Bertz CT molecular complexity index is 740. The first-order valence-corrected chi connectivity index (χ1v) is 7.75. The van der Waals surface area contributed by atoms with Crippen LogP contribution in [-0.4, -0.2) is 37.3 Å². The van der Waals surface area contributed by atoms with Crippen LogP contribution in [0.4, 0.5) is 17.1 Å². The van der Waals surface area contributed by atoms with Gasteiger partial charge in [-0.25, -0.2) is 0 Å². The Labute approximate surface area is 140 Å². The molecule has 0 aromatic heterocycles. The number of rotatable bonds is 4. The van der Waals surface area contributed by atoms with Crippen LogP contribution in [0.5, 0.6) is 0 Å². The maximum atomic E-state index is 11.0. The van der Waals surface area contributed by atoms with E-state index in [1.54, 1.807) is 6.07 Å². The average Bonchev–Trinajstić information content (AvgIpc) is 2.63. The molecule has 0 atom stereocenters. The molecule has 0 spiro atoms. The average molecular weight is 325 g/mol. The third kappa shape index (κ3) is 3.29. The van der Waals surface area contributed by atoms with E-state index in [0.717, 1.165) is 31.9 Å². The van der Waals surface area contributed by atoms with Crippen LogP contribution in [-0.2, 0) is 0 Å². The third-order valence-electron chi connectivity index (χ3n) is 4.18. The zero-order valence-corrected chi connectivity index (χ0v) is 13.2. The standard InChI is InChI=1S/C17H19N5O2/c18-19-13-14-12-16(22(23)24)6-7-17(14)21-10-8-20(9-11-21)15-4-2-1-3-5-15/h1-7,12-13H,8-11,18H2. The lowest BCUT2D eigenvalue weighted by molar-refractivity contribution is -0.384. The minimum Gasteiger partial charge on any atom is -0.368 e. The van der Waals surface area contributed by atoms with Crippen molar-refractivity contribution in [1.29, 1.82) is 0 Å². The van der Waals surface area contributed by atoms with Crippen molar-refractivity contribution in [2.75, 3.05) is 36.0 Å². The highest BCUT2D eigenvalue weighted by molar-refractivity contribution is 5.89. The fraction of sp³-hybridized carbons (Fsp3) is 0.235. The Hall–Kier alpha value is -3.09. The van der Waals surface area contributed by atoms with E-state index in [2.05, 4.69) is 27.0 Å². The lowest BCUT2D eigenvalue weighted by Gasteiger charge is -2.37. The van der Waals surface area contributed by atoms with Crippen LogP contribution in [0, 0.1) is 10.1 Å². The van der Waals surface area contributed by atoms with Gasteiger partial charge in [0.1, 0.15) is 0 Å². The normalized spacial score (nSPS) is 15.0. The summed E-state index contributed by atoms with van der Waals surface area (Å²) >= 11 is 0. The van der Waals surface area contributed by atoms with Gasteiger partial charge in [0.05, 0.1) is 11.1 Å². The van der Waals surface area contributed by atoms with E-state index in [1.807, 2.05) is 18.2 Å². The topological polar surface area (TPSA) is 88.0 Å². The largest absolute Gasteiger partial charge is 0.368 e. The smallest absolute Gasteiger partial charge is 0.270 e. The summed E-state index contributed by atoms with van der Waals surface area (Å²) < 4.78 is 0. The Balaban J connectivity index is 1.77. The van der Waals surface area contributed by atoms with Gasteiger partial charge in [0.15, 0.2) is 0 Å². The van der Waals surface area contributed by atoms with E-state index in [4.69, 9.17) is 5.84 Å². The van der Waals surface area contributed by atoms with Crippen LogP contribution < -0.4 is 15.6 Å². The molecule has 0 bridgehead atoms. The van der Waals surface area contributed by atoms with Gasteiger partial charge < -0.3 is 15.6 Å². The van der Waals surface area contributed by atoms with Gasteiger partial charge in [-0.15, -0.1) is 0 Å². The van der Waals surface area contributed by atoms with Gasteiger partial charge in [-0.1, -0.05) is 18.2 Å². The second kappa shape index (κ2) is 6.99. The lowest BCUT2D eigenvalue weighted by atomic mass is 10.1. The number of nitrogens with zero attached hydrogens (tertiary/aromatic N) is 4. The van der Waals surface area contributed by atoms with Gasteiger partial charge in [0.2, 0.25) is 0 Å². The van der Waals surface area contributed by atoms with Crippen LogP contribution in [0.15, 0.2) is 53.6 Å². The molecule has 2 aromatic carbocycles. The second-order valence-electron chi connectivity index (χ2n) is 5.59. The maximum Gasteiger partial charge on any atom is 0.270 e. The Morgan fingerprint density at radius 3 is 2.33 bits per heavy atom. The monoisotopic (exact) mass is 325 g/mol. The summed E-state index contributed by atoms with van der Waals surface area (Å²) in [5.74, 6) is 5.26. The molecule has 0 unspecified atom stereocenters. The molecule has 2 aromatic rings. The van der Waals surface area contributed by atoms with Crippen molar-refractivity contribution in [2.45, 2.75) is 0 Å². The number of nitro groups is 1. The molecule has 7 heteroatoms. The van der Waals surface area contributed by atoms with Gasteiger partial charge in [-0.3, -0.25) is 10.1 Å². The van der Waals surface area contributed by atoms with Gasteiger partial charge in [0, 0.05) is 55.2 Å². The molecule has 24 heavy (non-hydrogen) atoms. The van der Waals surface area contributed by atoms with Crippen LogP contribution in [0.1, 0.15) is 5.56 Å². The fourth-order valence-corrected chi connectivity index (χ4v) is 2.97. The van der Waals surface area contributed by atoms with E-state index in [9.17, 15) is 10.1 Å². The summed E-state index contributed by atoms with van der Waals surface area (Å²) in [4.78, 5) is 15.1. The minimum atomic E-state index is -0.412. The number of hydrogen-bond acceptors (Lipinski definition) is 6. The number of piperazine rings is 1. The first-order chi connectivity index (χ1) is 11.7. The number of para-hydroxylation sites is 1. The van der Waals surface area contributed by atoms with Crippen molar-refractivity contribution in [3.8, 4) is 0 Å². The summed E-state index contributed by atoms with van der Waals surface area (Å²) in [5, 5.41) is 14.5. The molecule has 0 radical (unpaired) electrons. The summed E-state index contributed by atoms with van der Waals surface area (Å²) in [6, 6.07) is 15.1. The quantitative estimate of drug-likeness (QED) is 0.403. The first-order valence-electron chi connectivity index (χ1n) is 7.75. The van der Waals surface area contributed by atoms with Crippen molar-refractivity contribution in [1.82, 2.24) is 0 Å². The Morgan fingerprint density at radius 2 is 1.71 bits per heavy atom. The van der Waals surface area contributed by atoms with Gasteiger partial charge in [0.25, 0.3) is 5.69 Å². The Morgan fingerprint density at radius 1 is 1.04 bits per heavy atom. The number of anilines is 2. The summed E-state index contributed by atoms with van der Waals surface area (Å²) in [7, 11) is 0. The highest BCUT2D eigenvalue weighted by Crippen LogP contribution is 2.26. The molecule has 1 saturated heterocycles. The maximum absolute atomic E-state index is 11.0. The van der Waals surface area contributed by atoms with Crippen LogP contribution in [0.25, 0.3) is 0 Å².